The van der Waals surface area contributed by atoms with E-state index >= 15 is 0 Å². The highest BCUT2D eigenvalue weighted by molar-refractivity contribution is 5.66. The first-order valence-electron chi connectivity index (χ1n) is 5.29. The van der Waals surface area contributed by atoms with E-state index in [1.807, 2.05) is 30.3 Å². The minimum Gasteiger partial charge on any atom is -0.481 e. The SMILES string of the molecule is N[C@@H](Cc1ccccc1)[C@H](O)CCC(=O)O. The molecule has 0 aliphatic rings. The molecule has 0 saturated carbocycles. The van der Waals surface area contributed by atoms with Crippen molar-refractivity contribution in [2.75, 3.05) is 0 Å². The number of hydrogen-bond donors (Lipinski definition) is 3. The van der Waals surface area contributed by atoms with E-state index in [4.69, 9.17) is 10.8 Å². The smallest absolute Gasteiger partial charge is 0.303 e. The van der Waals surface area contributed by atoms with Gasteiger partial charge in [-0.3, -0.25) is 4.79 Å². The normalized spacial score (nSPS) is 14.4. The van der Waals surface area contributed by atoms with Crippen molar-refractivity contribution in [2.24, 2.45) is 5.73 Å². The van der Waals surface area contributed by atoms with Crippen LogP contribution in [0.1, 0.15) is 18.4 Å². The van der Waals surface area contributed by atoms with Crippen LogP contribution in [-0.2, 0) is 11.2 Å². The fourth-order valence-electron chi connectivity index (χ4n) is 1.51. The van der Waals surface area contributed by atoms with Gasteiger partial charge in [0.2, 0.25) is 0 Å². The van der Waals surface area contributed by atoms with Crippen LogP contribution in [0.2, 0.25) is 0 Å². The van der Waals surface area contributed by atoms with Gasteiger partial charge >= 0.3 is 5.97 Å². The summed E-state index contributed by atoms with van der Waals surface area (Å²) in [7, 11) is 0. The molecule has 4 heteroatoms. The van der Waals surface area contributed by atoms with E-state index in [0.717, 1.165) is 5.56 Å². The molecule has 0 unspecified atom stereocenters. The van der Waals surface area contributed by atoms with Gasteiger partial charge in [0.25, 0.3) is 0 Å². The number of aliphatic hydroxyl groups is 1. The molecular weight excluding hydrogens is 206 g/mol. The molecule has 0 amide bonds. The van der Waals surface area contributed by atoms with Crippen LogP contribution in [-0.4, -0.2) is 28.3 Å². The Labute approximate surface area is 94.7 Å². The van der Waals surface area contributed by atoms with Gasteiger partial charge in [-0.25, -0.2) is 0 Å². The molecule has 0 spiro atoms. The molecule has 1 rings (SSSR count). The topological polar surface area (TPSA) is 83.5 Å². The fraction of sp³-hybridized carbons (Fsp3) is 0.417. The molecule has 0 heterocycles. The number of aliphatic carboxylic acids is 1. The van der Waals surface area contributed by atoms with E-state index in [1.165, 1.54) is 0 Å². The average molecular weight is 223 g/mol. The Morgan fingerprint density at radius 1 is 1.31 bits per heavy atom. The average Bonchev–Trinajstić information content (AvgIpc) is 2.27. The summed E-state index contributed by atoms with van der Waals surface area (Å²) in [6.07, 6.45) is -0.0643. The first kappa shape index (κ1) is 12.7. The molecule has 0 radical (unpaired) electrons. The van der Waals surface area contributed by atoms with Gasteiger partial charge in [0, 0.05) is 12.5 Å². The maximum Gasteiger partial charge on any atom is 0.303 e. The van der Waals surface area contributed by atoms with Crippen molar-refractivity contribution in [2.45, 2.75) is 31.4 Å². The van der Waals surface area contributed by atoms with Gasteiger partial charge in [0.15, 0.2) is 0 Å². The number of carboxylic acids is 1. The third kappa shape index (κ3) is 4.42. The lowest BCUT2D eigenvalue weighted by atomic mass is 9.99. The lowest BCUT2D eigenvalue weighted by Crippen LogP contribution is -2.36. The number of hydrogen-bond acceptors (Lipinski definition) is 3. The van der Waals surface area contributed by atoms with Crippen molar-refractivity contribution in [3.63, 3.8) is 0 Å². The summed E-state index contributed by atoms with van der Waals surface area (Å²) in [6, 6.07) is 9.18. The lowest BCUT2D eigenvalue weighted by Gasteiger charge is -2.18. The van der Waals surface area contributed by atoms with Gasteiger partial charge in [0.1, 0.15) is 0 Å². The van der Waals surface area contributed by atoms with Crippen molar-refractivity contribution in [1.29, 1.82) is 0 Å². The molecule has 4 N–H and O–H groups in total. The van der Waals surface area contributed by atoms with E-state index in [2.05, 4.69) is 0 Å². The van der Waals surface area contributed by atoms with Gasteiger partial charge in [-0.15, -0.1) is 0 Å². The largest absolute Gasteiger partial charge is 0.481 e. The molecule has 2 atom stereocenters. The number of carbonyl (C=O) groups is 1. The van der Waals surface area contributed by atoms with Crippen LogP contribution in [0.3, 0.4) is 0 Å². The van der Waals surface area contributed by atoms with Crippen molar-refractivity contribution in [3.05, 3.63) is 35.9 Å². The molecule has 0 saturated heterocycles. The van der Waals surface area contributed by atoms with Crippen LogP contribution >= 0.6 is 0 Å². The van der Waals surface area contributed by atoms with Gasteiger partial charge in [0.05, 0.1) is 6.10 Å². The first-order valence-corrected chi connectivity index (χ1v) is 5.29. The van der Waals surface area contributed by atoms with Crippen LogP contribution in [0.25, 0.3) is 0 Å². The van der Waals surface area contributed by atoms with Crippen LogP contribution < -0.4 is 5.73 Å². The van der Waals surface area contributed by atoms with Crippen molar-refractivity contribution in [3.8, 4) is 0 Å². The Morgan fingerprint density at radius 3 is 2.50 bits per heavy atom. The second kappa shape index (κ2) is 6.25. The maximum absolute atomic E-state index is 10.3. The molecular formula is C12H17NO3. The van der Waals surface area contributed by atoms with Gasteiger partial charge in [-0.1, -0.05) is 30.3 Å². The summed E-state index contributed by atoms with van der Waals surface area (Å²) < 4.78 is 0. The number of nitrogens with two attached hydrogens (primary N) is 1. The highest BCUT2D eigenvalue weighted by Crippen LogP contribution is 2.08. The molecule has 88 valence electrons. The number of benzene rings is 1. The van der Waals surface area contributed by atoms with Crippen molar-refractivity contribution < 1.29 is 15.0 Å². The fourth-order valence-corrected chi connectivity index (χ4v) is 1.51. The number of aliphatic hydroxyl groups excluding tert-OH is 1. The van der Waals surface area contributed by atoms with Crippen LogP contribution in [0.15, 0.2) is 30.3 Å². The highest BCUT2D eigenvalue weighted by Gasteiger charge is 2.16. The molecule has 0 aliphatic carbocycles. The zero-order valence-corrected chi connectivity index (χ0v) is 9.04. The predicted molar refractivity (Wildman–Crippen MR) is 61.0 cm³/mol. The Morgan fingerprint density at radius 2 is 1.94 bits per heavy atom. The highest BCUT2D eigenvalue weighted by atomic mass is 16.4. The van der Waals surface area contributed by atoms with Crippen LogP contribution in [0.4, 0.5) is 0 Å². The van der Waals surface area contributed by atoms with E-state index in [0.29, 0.717) is 6.42 Å². The van der Waals surface area contributed by atoms with E-state index in [9.17, 15) is 9.90 Å². The van der Waals surface area contributed by atoms with Gasteiger partial charge in [-0.05, 0) is 18.4 Å². The standard InChI is InChI=1S/C12H17NO3/c13-10(11(14)6-7-12(15)16)8-9-4-2-1-3-5-9/h1-5,10-11,14H,6-8,13H2,(H,15,16)/t10-,11+/m0/s1. The summed E-state index contributed by atoms with van der Waals surface area (Å²) in [6.45, 7) is 0. The zero-order valence-electron chi connectivity index (χ0n) is 9.04. The summed E-state index contributed by atoms with van der Waals surface area (Å²) in [4.78, 5) is 10.3. The molecule has 0 fully saturated rings. The third-order valence-electron chi connectivity index (χ3n) is 2.46. The Kier molecular flexibility index (Phi) is 4.95. The second-order valence-corrected chi connectivity index (χ2v) is 3.85. The number of rotatable bonds is 6. The molecule has 0 bridgehead atoms. The van der Waals surface area contributed by atoms with E-state index in [1.54, 1.807) is 0 Å². The third-order valence-corrected chi connectivity index (χ3v) is 2.46. The molecule has 16 heavy (non-hydrogen) atoms. The van der Waals surface area contributed by atoms with Crippen LogP contribution in [0, 0.1) is 0 Å². The summed E-state index contributed by atoms with van der Waals surface area (Å²) in [5.74, 6) is -0.911. The molecule has 0 aromatic heterocycles. The quantitative estimate of drug-likeness (QED) is 0.665. The Bertz CT molecular complexity index is 326. The molecule has 0 aliphatic heterocycles. The van der Waals surface area contributed by atoms with Crippen molar-refractivity contribution >= 4 is 5.97 Å². The lowest BCUT2D eigenvalue weighted by molar-refractivity contribution is -0.137. The molecule has 1 aromatic carbocycles. The molecule has 4 nitrogen and oxygen atoms in total. The second-order valence-electron chi connectivity index (χ2n) is 3.85. The Balaban J connectivity index is 2.39. The molecule has 1 aromatic rings. The summed E-state index contributed by atoms with van der Waals surface area (Å²) >= 11 is 0. The van der Waals surface area contributed by atoms with Gasteiger partial charge in [-0.2, -0.15) is 0 Å². The Hall–Kier alpha value is -1.39. The zero-order chi connectivity index (χ0) is 12.0. The van der Waals surface area contributed by atoms with E-state index < -0.39 is 18.1 Å². The van der Waals surface area contributed by atoms with Gasteiger partial charge < -0.3 is 15.9 Å². The first-order chi connectivity index (χ1) is 7.59. The predicted octanol–water partition coefficient (Wildman–Crippen LogP) is 0.782. The summed E-state index contributed by atoms with van der Waals surface area (Å²) in [5.41, 5.74) is 6.84. The number of carboxylic acid groups (broad SMARTS) is 1. The van der Waals surface area contributed by atoms with Crippen molar-refractivity contribution in [1.82, 2.24) is 0 Å². The summed E-state index contributed by atoms with van der Waals surface area (Å²) in [5, 5.41) is 18.1. The van der Waals surface area contributed by atoms with Crippen LogP contribution in [0.5, 0.6) is 0 Å². The maximum atomic E-state index is 10.3. The minimum absolute atomic E-state index is 0.0519. The monoisotopic (exact) mass is 223 g/mol. The van der Waals surface area contributed by atoms with E-state index in [-0.39, 0.29) is 12.8 Å². The minimum atomic E-state index is -0.911.